The van der Waals surface area contributed by atoms with Gasteiger partial charge in [-0.2, -0.15) is 0 Å². The van der Waals surface area contributed by atoms with Crippen LogP contribution in [0.1, 0.15) is 5.56 Å². The van der Waals surface area contributed by atoms with E-state index in [1.807, 2.05) is 6.07 Å². The van der Waals surface area contributed by atoms with Gasteiger partial charge < -0.3 is 5.32 Å². The monoisotopic (exact) mass is 393 g/mol. The molecule has 1 aliphatic rings. The van der Waals surface area contributed by atoms with Crippen LogP contribution in [-0.4, -0.2) is 16.0 Å². The Balaban J connectivity index is 1.92. The van der Waals surface area contributed by atoms with E-state index < -0.39 is 4.92 Å². The van der Waals surface area contributed by atoms with Gasteiger partial charge in [-0.15, -0.1) is 0 Å². The molecule has 126 valence electrons. The Morgan fingerprint density at radius 2 is 1.96 bits per heavy atom. The summed E-state index contributed by atoms with van der Waals surface area (Å²) in [6.45, 7) is 0. The van der Waals surface area contributed by atoms with Crippen molar-refractivity contribution in [2.24, 2.45) is 4.99 Å². The average Bonchev–Trinajstić information content (AvgIpc) is 2.90. The fourth-order valence-electron chi connectivity index (χ4n) is 2.06. The molecular formula is C16H9Cl2N3O3S. The minimum Gasteiger partial charge on any atom is -0.300 e. The predicted octanol–water partition coefficient (Wildman–Crippen LogP) is 4.79. The van der Waals surface area contributed by atoms with E-state index in [0.29, 0.717) is 15.5 Å². The normalized spacial score (nSPS) is 17.1. The van der Waals surface area contributed by atoms with Crippen LogP contribution in [0, 0.1) is 10.1 Å². The standard InChI is InChI=1S/C16H9Cl2N3O3S/c17-10-5-6-12(13(8-10)21(23)24)19-16-20-15(22)14(25-16)7-9-3-1-2-4-11(9)18/h1-8H,(H,19,20,22)/b14-7+. The molecule has 1 heterocycles. The summed E-state index contributed by atoms with van der Waals surface area (Å²) in [5, 5.41) is 14.7. The molecule has 2 aromatic rings. The van der Waals surface area contributed by atoms with Gasteiger partial charge in [-0.25, -0.2) is 4.99 Å². The summed E-state index contributed by atoms with van der Waals surface area (Å²) >= 11 is 12.9. The van der Waals surface area contributed by atoms with Crippen LogP contribution >= 0.6 is 35.0 Å². The van der Waals surface area contributed by atoms with E-state index in [1.165, 1.54) is 18.2 Å². The van der Waals surface area contributed by atoms with E-state index in [1.54, 1.807) is 24.3 Å². The molecule has 25 heavy (non-hydrogen) atoms. The first-order valence-electron chi connectivity index (χ1n) is 6.92. The van der Waals surface area contributed by atoms with E-state index in [0.717, 1.165) is 11.8 Å². The van der Waals surface area contributed by atoms with E-state index in [2.05, 4.69) is 10.3 Å². The molecule has 0 unspecified atom stereocenters. The molecule has 0 spiro atoms. The fraction of sp³-hybridized carbons (Fsp3) is 0. The van der Waals surface area contributed by atoms with Gasteiger partial charge in [-0.1, -0.05) is 41.4 Å². The number of carbonyl (C=O) groups excluding carboxylic acids is 1. The highest BCUT2D eigenvalue weighted by Crippen LogP contribution is 2.34. The Morgan fingerprint density at radius 3 is 2.68 bits per heavy atom. The minimum atomic E-state index is -0.576. The molecule has 0 radical (unpaired) electrons. The van der Waals surface area contributed by atoms with E-state index in [4.69, 9.17) is 23.2 Å². The second kappa shape index (κ2) is 7.26. The summed E-state index contributed by atoms with van der Waals surface area (Å²) in [4.78, 5) is 27.2. The van der Waals surface area contributed by atoms with E-state index in [9.17, 15) is 14.9 Å². The lowest BCUT2D eigenvalue weighted by Crippen LogP contribution is -2.19. The lowest BCUT2D eigenvalue weighted by Gasteiger charge is -1.99. The quantitative estimate of drug-likeness (QED) is 0.461. The van der Waals surface area contributed by atoms with Crippen LogP contribution in [0.25, 0.3) is 6.08 Å². The molecule has 1 amide bonds. The van der Waals surface area contributed by atoms with Gasteiger partial charge in [0.05, 0.1) is 9.83 Å². The molecule has 6 nitrogen and oxygen atoms in total. The SMILES string of the molecule is O=C1NC(=Nc2ccc(Cl)cc2[N+](=O)[O-])S/C1=C/c1ccccc1Cl. The van der Waals surface area contributed by atoms with Gasteiger partial charge in [-0.05, 0) is 41.6 Å². The van der Waals surface area contributed by atoms with Crippen molar-refractivity contribution in [2.75, 3.05) is 0 Å². The molecular weight excluding hydrogens is 385 g/mol. The largest absolute Gasteiger partial charge is 0.300 e. The van der Waals surface area contributed by atoms with Crippen molar-refractivity contribution < 1.29 is 9.72 Å². The zero-order valence-electron chi connectivity index (χ0n) is 12.4. The van der Waals surface area contributed by atoms with Gasteiger partial charge >= 0.3 is 0 Å². The first kappa shape index (κ1) is 17.5. The second-order valence-corrected chi connectivity index (χ2v) is 6.77. The molecule has 1 N–H and O–H groups in total. The highest BCUT2D eigenvalue weighted by atomic mass is 35.5. The third-order valence-corrected chi connectivity index (χ3v) is 4.69. The number of nitro benzene ring substituents is 1. The summed E-state index contributed by atoms with van der Waals surface area (Å²) in [6, 6.07) is 11.2. The van der Waals surface area contributed by atoms with Crippen molar-refractivity contribution in [3.05, 3.63) is 73.1 Å². The van der Waals surface area contributed by atoms with Gasteiger partial charge in [-0.3, -0.25) is 14.9 Å². The summed E-state index contributed by atoms with van der Waals surface area (Å²) in [5.41, 5.74) is 0.565. The Morgan fingerprint density at radius 1 is 1.20 bits per heavy atom. The number of amides is 1. The highest BCUT2D eigenvalue weighted by molar-refractivity contribution is 8.18. The molecule has 2 aromatic carbocycles. The first-order chi connectivity index (χ1) is 11.9. The Kier molecular flexibility index (Phi) is 5.08. The molecule has 9 heteroatoms. The van der Waals surface area contributed by atoms with Crippen LogP contribution < -0.4 is 5.32 Å². The number of benzene rings is 2. The van der Waals surface area contributed by atoms with Gasteiger partial charge in [0.25, 0.3) is 11.6 Å². The molecule has 1 saturated heterocycles. The molecule has 3 rings (SSSR count). The van der Waals surface area contributed by atoms with E-state index >= 15 is 0 Å². The number of nitro groups is 1. The number of hydrogen-bond acceptors (Lipinski definition) is 5. The number of hydrogen-bond donors (Lipinski definition) is 1. The average molecular weight is 394 g/mol. The number of nitrogens with one attached hydrogen (secondary N) is 1. The third-order valence-electron chi connectivity index (χ3n) is 3.20. The number of thioether (sulfide) groups is 1. The van der Waals surface area contributed by atoms with Crippen LogP contribution in [0.3, 0.4) is 0 Å². The Hall–Kier alpha value is -2.35. The highest BCUT2D eigenvalue weighted by Gasteiger charge is 2.25. The minimum absolute atomic E-state index is 0.108. The fourth-order valence-corrected chi connectivity index (χ4v) is 3.24. The predicted molar refractivity (Wildman–Crippen MR) is 100 cm³/mol. The van der Waals surface area contributed by atoms with Crippen LogP contribution in [-0.2, 0) is 4.79 Å². The number of amidine groups is 1. The maximum absolute atomic E-state index is 12.1. The van der Waals surface area contributed by atoms with Gasteiger partial charge in [0, 0.05) is 16.1 Å². The zero-order chi connectivity index (χ0) is 18.0. The van der Waals surface area contributed by atoms with Crippen LogP contribution in [0.4, 0.5) is 11.4 Å². The summed E-state index contributed by atoms with van der Waals surface area (Å²) < 4.78 is 0. The summed E-state index contributed by atoms with van der Waals surface area (Å²) in [6.07, 6.45) is 1.64. The van der Waals surface area contributed by atoms with Gasteiger partial charge in [0.15, 0.2) is 5.17 Å². The molecule has 0 saturated carbocycles. The zero-order valence-corrected chi connectivity index (χ0v) is 14.7. The van der Waals surface area contributed by atoms with Crippen LogP contribution in [0.15, 0.2) is 52.4 Å². The van der Waals surface area contributed by atoms with Crippen molar-refractivity contribution in [3.8, 4) is 0 Å². The van der Waals surface area contributed by atoms with Crippen molar-refractivity contribution in [2.45, 2.75) is 0 Å². The maximum Gasteiger partial charge on any atom is 0.296 e. The lowest BCUT2D eigenvalue weighted by molar-refractivity contribution is -0.384. The van der Waals surface area contributed by atoms with E-state index in [-0.39, 0.29) is 27.5 Å². The number of aliphatic imine (C=N–C) groups is 1. The number of halogens is 2. The van der Waals surface area contributed by atoms with Crippen LogP contribution in [0.2, 0.25) is 10.0 Å². The lowest BCUT2D eigenvalue weighted by atomic mass is 10.2. The van der Waals surface area contributed by atoms with Crippen molar-refractivity contribution in [1.82, 2.24) is 5.32 Å². The number of rotatable bonds is 3. The third kappa shape index (κ3) is 4.01. The molecule has 1 fully saturated rings. The molecule has 1 aliphatic heterocycles. The Bertz CT molecular complexity index is 944. The first-order valence-corrected chi connectivity index (χ1v) is 8.49. The molecule has 0 atom stereocenters. The molecule has 0 aromatic heterocycles. The topological polar surface area (TPSA) is 84.6 Å². The summed E-state index contributed by atoms with van der Waals surface area (Å²) in [7, 11) is 0. The van der Waals surface area contributed by atoms with Crippen molar-refractivity contribution in [1.29, 1.82) is 0 Å². The molecule has 0 bridgehead atoms. The van der Waals surface area contributed by atoms with Crippen molar-refractivity contribution in [3.63, 3.8) is 0 Å². The smallest absolute Gasteiger partial charge is 0.296 e. The van der Waals surface area contributed by atoms with Gasteiger partial charge in [0.2, 0.25) is 0 Å². The molecule has 0 aliphatic carbocycles. The summed E-state index contributed by atoms with van der Waals surface area (Å²) in [5.74, 6) is -0.347. The van der Waals surface area contributed by atoms with Gasteiger partial charge in [0.1, 0.15) is 5.69 Å². The van der Waals surface area contributed by atoms with Crippen LogP contribution in [0.5, 0.6) is 0 Å². The number of carbonyl (C=O) groups is 1. The van der Waals surface area contributed by atoms with Crippen molar-refractivity contribution >= 4 is 63.5 Å². The number of nitrogens with zero attached hydrogens (tertiary/aromatic N) is 2. The maximum atomic E-state index is 12.1. The second-order valence-electron chi connectivity index (χ2n) is 4.89. The Labute approximate surface area is 156 Å².